The Bertz CT molecular complexity index is 378. The SMILES string of the molecule is Oc1cccc2c1[C@H]1CNC[C@@H]1CCO2. The predicted molar refractivity (Wildman–Crippen MR) is 57.3 cm³/mol. The van der Waals surface area contributed by atoms with E-state index < -0.39 is 0 Å². The first-order valence-electron chi connectivity index (χ1n) is 5.51. The number of fused-ring (bicyclic) bond motifs is 3. The summed E-state index contributed by atoms with van der Waals surface area (Å²) in [5.74, 6) is 2.28. The van der Waals surface area contributed by atoms with Crippen molar-refractivity contribution in [2.24, 2.45) is 5.92 Å². The van der Waals surface area contributed by atoms with Crippen molar-refractivity contribution in [3.05, 3.63) is 23.8 Å². The molecule has 2 N–H and O–H groups in total. The molecular formula is C12H15NO2. The van der Waals surface area contributed by atoms with Crippen LogP contribution < -0.4 is 10.1 Å². The molecule has 1 aromatic rings. The Morgan fingerprint density at radius 2 is 2.27 bits per heavy atom. The number of ether oxygens (including phenoxy) is 1. The van der Waals surface area contributed by atoms with E-state index in [0.717, 1.165) is 37.4 Å². The lowest BCUT2D eigenvalue weighted by molar-refractivity contribution is 0.296. The van der Waals surface area contributed by atoms with Crippen LogP contribution >= 0.6 is 0 Å². The van der Waals surface area contributed by atoms with Crippen LogP contribution in [0, 0.1) is 5.92 Å². The monoisotopic (exact) mass is 205 g/mol. The lowest BCUT2D eigenvalue weighted by atomic mass is 9.87. The molecule has 3 rings (SSSR count). The van der Waals surface area contributed by atoms with Crippen molar-refractivity contribution >= 4 is 0 Å². The molecule has 2 heterocycles. The Morgan fingerprint density at radius 3 is 3.20 bits per heavy atom. The van der Waals surface area contributed by atoms with Gasteiger partial charge in [-0.05, 0) is 31.0 Å². The average Bonchev–Trinajstić information content (AvgIpc) is 2.60. The minimum absolute atomic E-state index is 0.383. The molecule has 15 heavy (non-hydrogen) atoms. The summed E-state index contributed by atoms with van der Waals surface area (Å²) in [5, 5.41) is 13.3. The first-order valence-corrected chi connectivity index (χ1v) is 5.51. The van der Waals surface area contributed by atoms with E-state index in [1.807, 2.05) is 12.1 Å². The highest BCUT2D eigenvalue weighted by atomic mass is 16.5. The zero-order valence-electron chi connectivity index (χ0n) is 8.57. The molecule has 0 unspecified atom stereocenters. The van der Waals surface area contributed by atoms with E-state index in [0.29, 0.717) is 17.6 Å². The Hall–Kier alpha value is -1.22. The van der Waals surface area contributed by atoms with Gasteiger partial charge in [-0.25, -0.2) is 0 Å². The van der Waals surface area contributed by atoms with Gasteiger partial charge in [0.05, 0.1) is 6.61 Å². The molecule has 0 spiro atoms. The molecule has 2 aliphatic heterocycles. The van der Waals surface area contributed by atoms with Gasteiger partial charge in [0.25, 0.3) is 0 Å². The summed E-state index contributed by atoms with van der Waals surface area (Å²) in [7, 11) is 0. The average molecular weight is 205 g/mol. The van der Waals surface area contributed by atoms with Crippen molar-refractivity contribution < 1.29 is 9.84 Å². The second kappa shape index (κ2) is 3.42. The van der Waals surface area contributed by atoms with Crippen molar-refractivity contribution in [2.75, 3.05) is 19.7 Å². The first kappa shape index (κ1) is 9.04. The van der Waals surface area contributed by atoms with Gasteiger partial charge in [0.15, 0.2) is 0 Å². The second-order valence-corrected chi connectivity index (χ2v) is 4.35. The van der Waals surface area contributed by atoms with E-state index in [1.54, 1.807) is 6.07 Å². The number of aromatic hydroxyl groups is 1. The number of phenolic OH excluding ortho intramolecular Hbond substituents is 1. The number of nitrogens with one attached hydrogen (secondary N) is 1. The molecule has 0 radical (unpaired) electrons. The van der Waals surface area contributed by atoms with Crippen molar-refractivity contribution in [3.8, 4) is 11.5 Å². The molecule has 3 heteroatoms. The van der Waals surface area contributed by atoms with Crippen LogP contribution in [0.1, 0.15) is 17.9 Å². The van der Waals surface area contributed by atoms with Crippen LogP contribution in [0.5, 0.6) is 11.5 Å². The van der Waals surface area contributed by atoms with Gasteiger partial charge in [0.2, 0.25) is 0 Å². The van der Waals surface area contributed by atoms with Crippen LogP contribution in [0.15, 0.2) is 18.2 Å². The molecule has 3 nitrogen and oxygen atoms in total. The van der Waals surface area contributed by atoms with Gasteiger partial charge in [0, 0.05) is 18.0 Å². The zero-order valence-corrected chi connectivity index (χ0v) is 8.57. The predicted octanol–water partition coefficient (Wildman–Crippen LogP) is 1.48. The van der Waals surface area contributed by atoms with Crippen molar-refractivity contribution in [1.29, 1.82) is 0 Å². The lowest BCUT2D eigenvalue weighted by Crippen LogP contribution is -2.11. The molecule has 0 bridgehead atoms. The van der Waals surface area contributed by atoms with Crippen molar-refractivity contribution in [1.82, 2.24) is 5.32 Å². The van der Waals surface area contributed by atoms with Crippen LogP contribution in [0.4, 0.5) is 0 Å². The normalized spacial score (nSPS) is 28.8. The Kier molecular flexibility index (Phi) is 2.06. The van der Waals surface area contributed by atoms with Crippen LogP contribution in [-0.2, 0) is 0 Å². The number of rotatable bonds is 0. The fraction of sp³-hybridized carbons (Fsp3) is 0.500. The molecular weight excluding hydrogens is 190 g/mol. The van der Waals surface area contributed by atoms with Gasteiger partial charge in [-0.15, -0.1) is 0 Å². The molecule has 0 amide bonds. The van der Waals surface area contributed by atoms with Gasteiger partial charge in [0.1, 0.15) is 11.5 Å². The summed E-state index contributed by atoms with van der Waals surface area (Å²) in [5.41, 5.74) is 1.00. The third-order valence-corrected chi connectivity index (χ3v) is 3.50. The van der Waals surface area contributed by atoms with E-state index in [-0.39, 0.29) is 0 Å². The van der Waals surface area contributed by atoms with E-state index in [4.69, 9.17) is 4.74 Å². The van der Waals surface area contributed by atoms with Gasteiger partial charge in [-0.1, -0.05) is 6.07 Å². The van der Waals surface area contributed by atoms with E-state index in [2.05, 4.69) is 5.32 Å². The summed E-state index contributed by atoms with van der Waals surface area (Å²) in [6, 6.07) is 5.55. The molecule has 0 aromatic heterocycles. The minimum atomic E-state index is 0.383. The van der Waals surface area contributed by atoms with Gasteiger partial charge in [-0.2, -0.15) is 0 Å². The third kappa shape index (κ3) is 1.38. The number of hydrogen-bond donors (Lipinski definition) is 2. The number of hydrogen-bond acceptors (Lipinski definition) is 3. The smallest absolute Gasteiger partial charge is 0.126 e. The minimum Gasteiger partial charge on any atom is -0.508 e. The van der Waals surface area contributed by atoms with Crippen LogP contribution in [-0.4, -0.2) is 24.8 Å². The van der Waals surface area contributed by atoms with Gasteiger partial charge < -0.3 is 15.2 Å². The molecule has 2 aliphatic rings. The van der Waals surface area contributed by atoms with Gasteiger partial charge >= 0.3 is 0 Å². The fourth-order valence-electron chi connectivity index (χ4n) is 2.73. The summed E-state index contributed by atoms with van der Waals surface area (Å²) in [4.78, 5) is 0. The third-order valence-electron chi connectivity index (χ3n) is 3.50. The topological polar surface area (TPSA) is 41.5 Å². The standard InChI is InChI=1S/C12H15NO2/c14-10-2-1-3-11-12(10)9-7-13-6-8(9)4-5-15-11/h1-3,8-9,13-14H,4-7H2/t8-,9-/m0/s1. The Morgan fingerprint density at radius 1 is 1.33 bits per heavy atom. The number of benzene rings is 1. The number of phenols is 1. The summed E-state index contributed by atoms with van der Waals surface area (Å²) >= 11 is 0. The summed E-state index contributed by atoms with van der Waals surface area (Å²) in [6.45, 7) is 2.76. The Labute approximate surface area is 89.1 Å². The van der Waals surface area contributed by atoms with Gasteiger partial charge in [-0.3, -0.25) is 0 Å². The summed E-state index contributed by atoms with van der Waals surface area (Å²) < 4.78 is 5.68. The summed E-state index contributed by atoms with van der Waals surface area (Å²) in [6.07, 6.45) is 1.08. The van der Waals surface area contributed by atoms with Crippen molar-refractivity contribution in [3.63, 3.8) is 0 Å². The maximum atomic E-state index is 9.92. The second-order valence-electron chi connectivity index (χ2n) is 4.35. The zero-order chi connectivity index (χ0) is 10.3. The first-order chi connectivity index (χ1) is 7.36. The van der Waals surface area contributed by atoms with E-state index in [1.165, 1.54) is 0 Å². The quantitative estimate of drug-likeness (QED) is 0.674. The van der Waals surface area contributed by atoms with Crippen LogP contribution in [0.3, 0.4) is 0 Å². The van der Waals surface area contributed by atoms with Crippen LogP contribution in [0.25, 0.3) is 0 Å². The molecule has 0 aliphatic carbocycles. The highest BCUT2D eigenvalue weighted by molar-refractivity contribution is 5.47. The lowest BCUT2D eigenvalue weighted by Gasteiger charge is -2.16. The molecule has 0 saturated carbocycles. The van der Waals surface area contributed by atoms with E-state index in [9.17, 15) is 5.11 Å². The maximum Gasteiger partial charge on any atom is 0.126 e. The fourth-order valence-corrected chi connectivity index (χ4v) is 2.73. The van der Waals surface area contributed by atoms with Crippen LogP contribution in [0.2, 0.25) is 0 Å². The largest absolute Gasteiger partial charge is 0.508 e. The Balaban J connectivity index is 2.10. The molecule has 80 valence electrons. The highest BCUT2D eigenvalue weighted by Gasteiger charge is 2.34. The van der Waals surface area contributed by atoms with E-state index >= 15 is 0 Å². The maximum absolute atomic E-state index is 9.92. The molecule has 1 saturated heterocycles. The molecule has 1 aromatic carbocycles. The van der Waals surface area contributed by atoms with Crippen molar-refractivity contribution in [2.45, 2.75) is 12.3 Å². The molecule has 2 atom stereocenters. The highest BCUT2D eigenvalue weighted by Crippen LogP contribution is 2.43. The molecule has 1 fully saturated rings.